The Labute approximate surface area is 189 Å². The number of amides is 2. The summed E-state index contributed by atoms with van der Waals surface area (Å²) in [5.74, 6) is 0.969. The van der Waals surface area contributed by atoms with Crippen LogP contribution in [0.2, 0.25) is 5.02 Å². The Kier molecular flexibility index (Phi) is 7.91. The number of rotatable bonds is 9. The van der Waals surface area contributed by atoms with Gasteiger partial charge in [-0.2, -0.15) is 0 Å². The normalized spacial score (nSPS) is 10.5. The Hall–Kier alpha value is -3.04. The van der Waals surface area contributed by atoms with Gasteiger partial charge >= 0.3 is 0 Å². The minimum Gasteiger partial charge on any atom is -0.497 e. The van der Waals surface area contributed by atoms with Gasteiger partial charge in [-0.3, -0.25) is 9.59 Å². The van der Waals surface area contributed by atoms with Gasteiger partial charge in [-0.05, 0) is 43.3 Å². The second kappa shape index (κ2) is 10.8. The molecule has 8 nitrogen and oxygen atoms in total. The predicted octanol–water partition coefficient (Wildman–Crippen LogP) is 3.87. The molecule has 0 bridgehead atoms. The van der Waals surface area contributed by atoms with E-state index in [1.165, 1.54) is 11.8 Å². The molecule has 2 aromatic carbocycles. The number of carbonyl (C=O) groups is 2. The highest BCUT2D eigenvalue weighted by Gasteiger charge is 2.16. The third kappa shape index (κ3) is 6.47. The highest BCUT2D eigenvalue weighted by Crippen LogP contribution is 2.20. The first-order chi connectivity index (χ1) is 15.0. The number of methoxy groups -OCH3 is 1. The van der Waals surface area contributed by atoms with E-state index in [1.54, 1.807) is 55.6 Å². The summed E-state index contributed by atoms with van der Waals surface area (Å²) in [6, 6.07) is 14.0. The molecule has 0 fully saturated rings. The Balaban J connectivity index is 1.57. The van der Waals surface area contributed by atoms with E-state index in [0.717, 1.165) is 0 Å². The third-order valence-corrected chi connectivity index (χ3v) is 5.46. The van der Waals surface area contributed by atoms with Gasteiger partial charge in [0.25, 0.3) is 0 Å². The summed E-state index contributed by atoms with van der Waals surface area (Å²) in [6.45, 7) is 2.51. The molecule has 3 aromatic rings. The van der Waals surface area contributed by atoms with E-state index in [9.17, 15) is 9.59 Å². The number of ether oxygens (including phenoxy) is 1. The molecule has 31 heavy (non-hydrogen) atoms. The number of anilines is 2. The van der Waals surface area contributed by atoms with Gasteiger partial charge in [-0.15, -0.1) is 10.2 Å². The molecule has 2 amide bonds. The lowest BCUT2D eigenvalue weighted by Crippen LogP contribution is -2.18. The number of carbonyl (C=O) groups excluding carboxylic acids is 2. The molecule has 162 valence electrons. The van der Waals surface area contributed by atoms with E-state index in [2.05, 4.69) is 20.8 Å². The Morgan fingerprint density at radius 3 is 2.52 bits per heavy atom. The first-order valence-corrected chi connectivity index (χ1v) is 10.9. The van der Waals surface area contributed by atoms with Crippen LogP contribution in [-0.2, 0) is 22.6 Å². The van der Waals surface area contributed by atoms with Crippen molar-refractivity contribution >= 4 is 46.6 Å². The molecule has 0 spiro atoms. The number of nitrogens with one attached hydrogen (secondary N) is 2. The number of hydrogen-bond donors (Lipinski definition) is 2. The van der Waals surface area contributed by atoms with Crippen LogP contribution in [0.3, 0.4) is 0 Å². The van der Waals surface area contributed by atoms with E-state index in [1.807, 2.05) is 11.5 Å². The number of thioether (sulfide) groups is 1. The van der Waals surface area contributed by atoms with E-state index >= 15 is 0 Å². The first-order valence-electron chi connectivity index (χ1n) is 9.52. The van der Waals surface area contributed by atoms with Gasteiger partial charge in [0.05, 0.1) is 19.3 Å². The van der Waals surface area contributed by atoms with Gasteiger partial charge in [-0.25, -0.2) is 0 Å². The van der Waals surface area contributed by atoms with Gasteiger partial charge in [0.15, 0.2) is 5.16 Å². The first kappa shape index (κ1) is 22.6. The van der Waals surface area contributed by atoms with Crippen LogP contribution in [0, 0.1) is 0 Å². The molecule has 0 unspecified atom stereocenters. The maximum atomic E-state index is 12.4. The predicted molar refractivity (Wildman–Crippen MR) is 122 cm³/mol. The van der Waals surface area contributed by atoms with E-state index in [4.69, 9.17) is 16.3 Å². The van der Waals surface area contributed by atoms with Crippen LogP contribution in [0.1, 0.15) is 12.7 Å². The molecule has 2 N–H and O–H groups in total. The van der Waals surface area contributed by atoms with E-state index in [0.29, 0.717) is 39.7 Å². The lowest BCUT2D eigenvalue weighted by atomic mass is 10.3. The molecule has 0 saturated heterocycles. The molecule has 10 heteroatoms. The van der Waals surface area contributed by atoms with Gasteiger partial charge in [0.1, 0.15) is 11.6 Å². The van der Waals surface area contributed by atoms with Crippen molar-refractivity contribution in [3.8, 4) is 5.75 Å². The Bertz CT molecular complexity index is 1060. The van der Waals surface area contributed by atoms with Crippen LogP contribution in [0.25, 0.3) is 0 Å². The zero-order valence-electron chi connectivity index (χ0n) is 17.1. The van der Waals surface area contributed by atoms with Crippen molar-refractivity contribution in [2.45, 2.75) is 25.0 Å². The lowest BCUT2D eigenvalue weighted by molar-refractivity contribution is -0.116. The van der Waals surface area contributed by atoms with Crippen LogP contribution in [0.5, 0.6) is 5.75 Å². The molecule has 0 aliphatic heterocycles. The molecule has 1 aromatic heterocycles. The summed E-state index contributed by atoms with van der Waals surface area (Å²) >= 11 is 7.12. The van der Waals surface area contributed by atoms with Crippen molar-refractivity contribution in [3.05, 3.63) is 59.4 Å². The maximum Gasteiger partial charge on any atom is 0.234 e. The smallest absolute Gasteiger partial charge is 0.234 e. The molecule has 0 aliphatic carbocycles. The summed E-state index contributed by atoms with van der Waals surface area (Å²) in [5, 5.41) is 15.1. The van der Waals surface area contributed by atoms with Crippen molar-refractivity contribution in [1.29, 1.82) is 0 Å². The largest absolute Gasteiger partial charge is 0.497 e. The van der Waals surface area contributed by atoms with Gasteiger partial charge in [-0.1, -0.05) is 29.4 Å². The summed E-state index contributed by atoms with van der Waals surface area (Å²) in [5.41, 5.74) is 1.31. The van der Waals surface area contributed by atoms with E-state index in [-0.39, 0.29) is 24.0 Å². The third-order valence-electron chi connectivity index (χ3n) is 4.24. The molecule has 1 heterocycles. The van der Waals surface area contributed by atoms with Crippen LogP contribution < -0.4 is 15.4 Å². The van der Waals surface area contributed by atoms with Crippen molar-refractivity contribution in [3.63, 3.8) is 0 Å². The minimum absolute atomic E-state index is 0.0695. The lowest BCUT2D eigenvalue weighted by Gasteiger charge is -2.09. The van der Waals surface area contributed by atoms with Crippen LogP contribution in [0.15, 0.2) is 53.7 Å². The summed E-state index contributed by atoms with van der Waals surface area (Å²) < 4.78 is 6.98. The molecule has 0 radical (unpaired) electrons. The van der Waals surface area contributed by atoms with Crippen molar-refractivity contribution in [1.82, 2.24) is 14.8 Å². The zero-order valence-corrected chi connectivity index (χ0v) is 18.7. The second-order valence-corrected chi connectivity index (χ2v) is 7.82. The average Bonchev–Trinajstić information content (AvgIpc) is 3.15. The molecule has 0 saturated carbocycles. The summed E-state index contributed by atoms with van der Waals surface area (Å²) in [7, 11) is 1.57. The molecule has 0 atom stereocenters. The summed E-state index contributed by atoms with van der Waals surface area (Å²) in [4.78, 5) is 24.7. The van der Waals surface area contributed by atoms with E-state index < -0.39 is 0 Å². The fourth-order valence-corrected chi connectivity index (χ4v) is 3.73. The number of benzene rings is 2. The van der Waals surface area contributed by atoms with Gasteiger partial charge in [0, 0.05) is 29.0 Å². The number of aromatic nitrogens is 3. The topological polar surface area (TPSA) is 98.1 Å². The maximum absolute atomic E-state index is 12.4. The number of halogens is 1. The van der Waals surface area contributed by atoms with Gasteiger partial charge < -0.3 is 19.9 Å². The SMILES string of the molecule is CCn1c(CC(=O)Nc2ccc(Cl)cc2)nnc1SCC(=O)Nc1cccc(OC)c1. The number of nitrogens with zero attached hydrogens (tertiary/aromatic N) is 3. The number of hydrogen-bond acceptors (Lipinski definition) is 6. The molecule has 0 aliphatic rings. The quantitative estimate of drug-likeness (QED) is 0.471. The second-order valence-electron chi connectivity index (χ2n) is 6.44. The minimum atomic E-state index is -0.211. The fraction of sp³-hybridized carbons (Fsp3) is 0.238. The van der Waals surface area contributed by atoms with Crippen molar-refractivity contribution in [2.75, 3.05) is 23.5 Å². The van der Waals surface area contributed by atoms with Gasteiger partial charge in [0.2, 0.25) is 11.8 Å². The molecular weight excluding hydrogens is 438 g/mol. The highest BCUT2D eigenvalue weighted by molar-refractivity contribution is 7.99. The van der Waals surface area contributed by atoms with Crippen molar-refractivity contribution in [2.24, 2.45) is 0 Å². The Morgan fingerprint density at radius 1 is 1.06 bits per heavy atom. The monoisotopic (exact) mass is 459 g/mol. The Morgan fingerprint density at radius 2 is 1.81 bits per heavy atom. The average molecular weight is 460 g/mol. The molecule has 3 rings (SSSR count). The van der Waals surface area contributed by atoms with Crippen LogP contribution in [0.4, 0.5) is 11.4 Å². The molecular formula is C21H22ClN5O3S. The zero-order chi connectivity index (χ0) is 22.2. The van der Waals surface area contributed by atoms with Crippen molar-refractivity contribution < 1.29 is 14.3 Å². The fourth-order valence-electron chi connectivity index (χ4n) is 2.78. The van der Waals surface area contributed by atoms with Crippen LogP contribution in [-0.4, -0.2) is 39.4 Å². The summed E-state index contributed by atoms with van der Waals surface area (Å²) in [6.07, 6.45) is 0.0695. The van der Waals surface area contributed by atoms with Crippen LogP contribution >= 0.6 is 23.4 Å². The standard InChI is InChI=1S/C21H22ClN5O3S/c1-3-27-18(12-19(28)23-15-9-7-14(22)8-10-15)25-26-21(27)31-13-20(29)24-16-5-4-6-17(11-16)30-2/h4-11H,3,12-13H2,1-2H3,(H,23,28)(H,24,29). The highest BCUT2D eigenvalue weighted by atomic mass is 35.5.